The molecule has 0 radical (unpaired) electrons. The van der Waals surface area contributed by atoms with Crippen molar-refractivity contribution in [2.75, 3.05) is 0 Å². The van der Waals surface area contributed by atoms with E-state index in [1.165, 1.54) is 11.8 Å². The van der Waals surface area contributed by atoms with Gasteiger partial charge in [-0.15, -0.1) is 0 Å². The Morgan fingerprint density at radius 3 is 2.74 bits per heavy atom. The summed E-state index contributed by atoms with van der Waals surface area (Å²) in [5, 5.41) is 13.3. The Balaban J connectivity index is 2.47. The summed E-state index contributed by atoms with van der Waals surface area (Å²) >= 11 is 4.79. The maximum absolute atomic E-state index is 8.86. The van der Waals surface area contributed by atoms with Crippen LogP contribution in [0.3, 0.4) is 0 Å². The van der Waals surface area contributed by atoms with Gasteiger partial charge in [0.1, 0.15) is 10.1 Å². The maximum Gasteiger partial charge on any atom is 0.173 e. The number of hydrogen-bond donors (Lipinski definition) is 2. The minimum atomic E-state index is 0.0418. The summed E-state index contributed by atoms with van der Waals surface area (Å²) in [5.74, 6) is 0.0418. The molecule has 19 heavy (non-hydrogen) atoms. The third kappa shape index (κ3) is 3.05. The zero-order chi connectivity index (χ0) is 13.8. The largest absolute Gasteiger partial charge is 0.409 e. The van der Waals surface area contributed by atoms with E-state index < -0.39 is 0 Å². The molecule has 98 valence electrons. The van der Waals surface area contributed by atoms with Gasteiger partial charge in [0.2, 0.25) is 0 Å². The van der Waals surface area contributed by atoms with Crippen molar-refractivity contribution < 1.29 is 5.21 Å². The molecular formula is C12H11BrN4OS. The average molecular weight is 339 g/mol. The van der Waals surface area contributed by atoms with E-state index in [2.05, 4.69) is 31.1 Å². The SMILES string of the molecule is Cc1ccnc(Sc2ncccc2Br)c1/C(N)=N/O. The second-order valence-electron chi connectivity index (χ2n) is 3.69. The summed E-state index contributed by atoms with van der Waals surface area (Å²) < 4.78 is 0.869. The number of aryl methyl sites for hydroxylation is 1. The number of hydrogen-bond acceptors (Lipinski definition) is 5. The second-order valence-corrected chi connectivity index (χ2v) is 5.52. The molecule has 0 unspecified atom stereocenters. The van der Waals surface area contributed by atoms with E-state index in [0.29, 0.717) is 10.6 Å². The van der Waals surface area contributed by atoms with E-state index in [-0.39, 0.29) is 5.84 Å². The highest BCUT2D eigenvalue weighted by molar-refractivity contribution is 9.10. The minimum absolute atomic E-state index is 0.0418. The lowest BCUT2D eigenvalue weighted by Crippen LogP contribution is -2.16. The van der Waals surface area contributed by atoms with E-state index in [1.54, 1.807) is 12.4 Å². The minimum Gasteiger partial charge on any atom is -0.409 e. The van der Waals surface area contributed by atoms with Gasteiger partial charge in [-0.3, -0.25) is 0 Å². The van der Waals surface area contributed by atoms with Crippen molar-refractivity contribution in [1.82, 2.24) is 9.97 Å². The topological polar surface area (TPSA) is 84.4 Å². The highest BCUT2D eigenvalue weighted by atomic mass is 79.9. The monoisotopic (exact) mass is 338 g/mol. The Labute approximate surface area is 123 Å². The van der Waals surface area contributed by atoms with Gasteiger partial charge in [0.05, 0.1) is 10.0 Å². The molecule has 2 aromatic heterocycles. The van der Waals surface area contributed by atoms with Gasteiger partial charge >= 0.3 is 0 Å². The Hall–Kier alpha value is -1.60. The molecule has 0 aliphatic carbocycles. The van der Waals surface area contributed by atoms with Crippen molar-refractivity contribution in [3.8, 4) is 0 Å². The van der Waals surface area contributed by atoms with Gasteiger partial charge in [-0.2, -0.15) is 0 Å². The van der Waals surface area contributed by atoms with Crippen molar-refractivity contribution in [2.45, 2.75) is 17.0 Å². The van der Waals surface area contributed by atoms with Gasteiger partial charge in [0, 0.05) is 12.4 Å². The predicted molar refractivity (Wildman–Crippen MR) is 77.5 cm³/mol. The molecule has 0 saturated carbocycles. The van der Waals surface area contributed by atoms with E-state index in [1.807, 2.05) is 25.1 Å². The van der Waals surface area contributed by atoms with E-state index in [9.17, 15) is 0 Å². The molecule has 3 N–H and O–H groups in total. The molecule has 5 nitrogen and oxygen atoms in total. The fourth-order valence-electron chi connectivity index (χ4n) is 1.51. The van der Waals surface area contributed by atoms with Crippen LogP contribution in [-0.2, 0) is 0 Å². The van der Waals surface area contributed by atoms with Gasteiger partial charge in [0.25, 0.3) is 0 Å². The molecule has 7 heteroatoms. The lowest BCUT2D eigenvalue weighted by molar-refractivity contribution is 0.318. The highest BCUT2D eigenvalue weighted by Crippen LogP contribution is 2.32. The fourth-order valence-corrected chi connectivity index (χ4v) is 2.95. The fraction of sp³-hybridized carbons (Fsp3) is 0.0833. The van der Waals surface area contributed by atoms with Crippen molar-refractivity contribution >= 4 is 33.5 Å². The highest BCUT2D eigenvalue weighted by Gasteiger charge is 2.14. The summed E-state index contributed by atoms with van der Waals surface area (Å²) in [5.41, 5.74) is 7.21. The van der Waals surface area contributed by atoms with Gasteiger partial charge in [0.15, 0.2) is 5.84 Å². The molecule has 0 aliphatic rings. The van der Waals surface area contributed by atoms with E-state index >= 15 is 0 Å². The molecular weight excluding hydrogens is 328 g/mol. The van der Waals surface area contributed by atoms with Crippen LogP contribution in [0.25, 0.3) is 0 Å². The Morgan fingerprint density at radius 2 is 2.05 bits per heavy atom. The normalized spacial score (nSPS) is 11.6. The van der Waals surface area contributed by atoms with Crippen LogP contribution in [0.1, 0.15) is 11.1 Å². The number of nitrogens with two attached hydrogens (primary N) is 1. The van der Waals surface area contributed by atoms with Gasteiger partial charge < -0.3 is 10.9 Å². The van der Waals surface area contributed by atoms with Gasteiger partial charge in [-0.05, 0) is 58.4 Å². The third-order valence-electron chi connectivity index (χ3n) is 2.41. The lowest BCUT2D eigenvalue weighted by atomic mass is 10.1. The summed E-state index contributed by atoms with van der Waals surface area (Å²) in [6, 6.07) is 5.54. The van der Waals surface area contributed by atoms with Gasteiger partial charge in [-0.25, -0.2) is 9.97 Å². The summed E-state index contributed by atoms with van der Waals surface area (Å²) in [6.07, 6.45) is 3.38. The average Bonchev–Trinajstić information content (AvgIpc) is 2.41. The van der Waals surface area contributed by atoms with Crippen LogP contribution < -0.4 is 5.73 Å². The summed E-state index contributed by atoms with van der Waals surface area (Å²) in [7, 11) is 0. The summed E-state index contributed by atoms with van der Waals surface area (Å²) in [4.78, 5) is 8.54. The second kappa shape index (κ2) is 6.03. The van der Waals surface area contributed by atoms with Crippen LogP contribution in [-0.4, -0.2) is 21.0 Å². The molecule has 2 heterocycles. The molecule has 2 rings (SSSR count). The predicted octanol–water partition coefficient (Wildman–Crippen LogP) is 2.79. The van der Waals surface area contributed by atoms with Crippen molar-refractivity contribution in [3.63, 3.8) is 0 Å². The van der Waals surface area contributed by atoms with Crippen LogP contribution >= 0.6 is 27.7 Å². The summed E-state index contributed by atoms with van der Waals surface area (Å²) in [6.45, 7) is 1.88. The first-order chi connectivity index (χ1) is 9.13. The first-order valence-corrected chi connectivity index (χ1v) is 6.96. The number of halogens is 1. The smallest absolute Gasteiger partial charge is 0.173 e. The molecule has 0 saturated heterocycles. The number of oxime groups is 1. The third-order valence-corrected chi connectivity index (χ3v) is 4.33. The van der Waals surface area contributed by atoms with Crippen molar-refractivity contribution in [1.29, 1.82) is 0 Å². The number of aromatic nitrogens is 2. The van der Waals surface area contributed by atoms with Crippen LogP contribution in [0.5, 0.6) is 0 Å². The number of amidine groups is 1. The molecule has 0 spiro atoms. The zero-order valence-corrected chi connectivity index (χ0v) is 12.4. The first-order valence-electron chi connectivity index (χ1n) is 5.35. The Bertz CT molecular complexity index is 633. The molecule has 2 aromatic rings. The number of nitrogens with zero attached hydrogens (tertiary/aromatic N) is 3. The Morgan fingerprint density at radius 1 is 1.32 bits per heavy atom. The lowest BCUT2D eigenvalue weighted by Gasteiger charge is -2.09. The zero-order valence-electron chi connectivity index (χ0n) is 10.0. The van der Waals surface area contributed by atoms with E-state index in [4.69, 9.17) is 10.9 Å². The number of pyridine rings is 2. The molecule has 0 fully saturated rings. The van der Waals surface area contributed by atoms with Crippen LogP contribution in [0.2, 0.25) is 0 Å². The van der Waals surface area contributed by atoms with Crippen molar-refractivity contribution in [2.24, 2.45) is 10.9 Å². The quantitative estimate of drug-likeness (QED) is 0.389. The molecule has 0 bridgehead atoms. The van der Waals surface area contributed by atoms with Crippen molar-refractivity contribution in [3.05, 3.63) is 46.2 Å². The van der Waals surface area contributed by atoms with Gasteiger partial charge in [-0.1, -0.05) is 5.16 Å². The molecule has 0 atom stereocenters. The molecule has 0 aliphatic heterocycles. The van der Waals surface area contributed by atoms with Crippen LogP contribution in [0, 0.1) is 6.92 Å². The van der Waals surface area contributed by atoms with E-state index in [0.717, 1.165) is 15.1 Å². The standard InChI is InChI=1S/C12H11BrN4OS/c1-7-4-6-16-12(9(7)10(14)17-18)19-11-8(13)3-2-5-15-11/h2-6,18H,1H3,(H2,14,17). The maximum atomic E-state index is 8.86. The first kappa shape index (κ1) is 13.8. The molecule has 0 amide bonds. The van der Waals surface area contributed by atoms with Crippen LogP contribution in [0.4, 0.5) is 0 Å². The van der Waals surface area contributed by atoms with Crippen LogP contribution in [0.15, 0.2) is 50.3 Å². The molecule has 0 aromatic carbocycles. The Kier molecular flexibility index (Phi) is 4.39. The number of rotatable bonds is 3.